The van der Waals surface area contributed by atoms with Crippen molar-refractivity contribution in [3.63, 3.8) is 0 Å². The molecule has 4 rings (SSSR count). The second kappa shape index (κ2) is 7.70. The molecule has 2 aliphatic rings. The summed E-state index contributed by atoms with van der Waals surface area (Å²) in [6, 6.07) is 8.81. The molecule has 1 atom stereocenters. The number of carbonyl (C=O) groups is 1. The van der Waals surface area contributed by atoms with Crippen LogP contribution >= 0.6 is 0 Å². The summed E-state index contributed by atoms with van der Waals surface area (Å²) in [6.45, 7) is 11.0. The maximum Gasteiger partial charge on any atom is 0.227 e. The van der Waals surface area contributed by atoms with Crippen LogP contribution in [0.15, 0.2) is 28.8 Å². The van der Waals surface area contributed by atoms with Gasteiger partial charge in [0.1, 0.15) is 5.76 Å². The number of benzene rings is 1. The molecule has 1 spiro atoms. The van der Waals surface area contributed by atoms with Crippen LogP contribution in [0.3, 0.4) is 0 Å². The molecule has 2 saturated heterocycles. The van der Waals surface area contributed by atoms with Crippen molar-refractivity contribution in [3.05, 3.63) is 52.4 Å². The van der Waals surface area contributed by atoms with Crippen molar-refractivity contribution >= 4 is 5.91 Å². The van der Waals surface area contributed by atoms with E-state index in [0.717, 1.165) is 56.2 Å². The number of amides is 1. The third-order valence-corrected chi connectivity index (χ3v) is 6.53. The first-order valence-electron chi connectivity index (χ1n) is 10.4. The van der Waals surface area contributed by atoms with Gasteiger partial charge >= 0.3 is 0 Å². The van der Waals surface area contributed by atoms with Crippen LogP contribution in [0.4, 0.5) is 0 Å². The number of likely N-dealkylation sites (tertiary alicyclic amines) is 2. The Labute approximate surface area is 167 Å². The zero-order valence-corrected chi connectivity index (χ0v) is 17.3. The summed E-state index contributed by atoms with van der Waals surface area (Å²) >= 11 is 0. The molecule has 0 radical (unpaired) electrons. The molecule has 2 aromatic rings. The predicted octanol–water partition coefficient (Wildman–Crippen LogP) is 3.66. The minimum atomic E-state index is 0.210. The van der Waals surface area contributed by atoms with E-state index < -0.39 is 0 Å². The Hall–Kier alpha value is -2.14. The highest BCUT2D eigenvalue weighted by Crippen LogP contribution is 2.39. The van der Waals surface area contributed by atoms with Gasteiger partial charge in [-0.3, -0.25) is 9.69 Å². The zero-order chi connectivity index (χ0) is 19.7. The van der Waals surface area contributed by atoms with E-state index in [4.69, 9.17) is 4.52 Å². The molecule has 2 fully saturated rings. The molecule has 0 aliphatic carbocycles. The maximum atomic E-state index is 12.9. The second-order valence-electron chi connectivity index (χ2n) is 8.85. The van der Waals surface area contributed by atoms with E-state index in [-0.39, 0.29) is 11.3 Å². The van der Waals surface area contributed by atoms with E-state index in [1.54, 1.807) is 0 Å². The lowest BCUT2D eigenvalue weighted by atomic mass is 9.79. The average molecular weight is 382 g/mol. The topological polar surface area (TPSA) is 49.6 Å². The summed E-state index contributed by atoms with van der Waals surface area (Å²) in [4.78, 5) is 17.6. The fraction of sp³-hybridized carbons (Fsp3) is 0.565. The molecule has 5 heteroatoms. The first-order chi connectivity index (χ1) is 13.4. The maximum absolute atomic E-state index is 12.9. The quantitative estimate of drug-likeness (QED) is 0.811. The Morgan fingerprint density at radius 1 is 1.18 bits per heavy atom. The number of hydrogen-bond acceptors (Lipinski definition) is 4. The molecular weight excluding hydrogens is 350 g/mol. The smallest absolute Gasteiger partial charge is 0.227 e. The molecule has 3 heterocycles. The second-order valence-corrected chi connectivity index (χ2v) is 8.85. The first-order valence-corrected chi connectivity index (χ1v) is 10.4. The van der Waals surface area contributed by atoms with E-state index in [1.165, 1.54) is 24.0 Å². The molecule has 150 valence electrons. The standard InChI is InChI=1S/C23H31N3O2/c1-17-6-4-7-20(12-17)14-25-10-5-8-23(15-25)9-11-26(16-23)22(27)13-21-18(2)24-28-19(21)3/h4,6-7,12H,5,8-11,13-16H2,1-3H3. The van der Waals surface area contributed by atoms with Gasteiger partial charge in [-0.1, -0.05) is 35.0 Å². The SMILES string of the molecule is Cc1cccc(CN2CCCC3(CCN(C(=O)Cc4c(C)noc4C)C3)C2)c1. The largest absolute Gasteiger partial charge is 0.361 e. The van der Waals surface area contributed by atoms with Crippen LogP contribution in [-0.2, 0) is 17.8 Å². The number of aromatic nitrogens is 1. The molecule has 1 amide bonds. The Morgan fingerprint density at radius 2 is 2.04 bits per heavy atom. The van der Waals surface area contributed by atoms with Gasteiger partial charge in [-0.05, 0) is 52.1 Å². The van der Waals surface area contributed by atoms with Gasteiger partial charge in [0.15, 0.2) is 0 Å². The molecular formula is C23H31N3O2. The number of aryl methyl sites for hydroxylation is 3. The third-order valence-electron chi connectivity index (χ3n) is 6.53. The molecule has 5 nitrogen and oxygen atoms in total. The normalized spacial score (nSPS) is 22.9. The molecule has 0 N–H and O–H groups in total. The van der Waals surface area contributed by atoms with E-state index in [2.05, 4.69) is 46.1 Å². The number of piperidine rings is 1. The third kappa shape index (κ3) is 4.00. The molecule has 2 aliphatic heterocycles. The average Bonchev–Trinajstić information content (AvgIpc) is 3.20. The highest BCUT2D eigenvalue weighted by molar-refractivity contribution is 5.79. The van der Waals surface area contributed by atoms with E-state index in [9.17, 15) is 4.79 Å². The van der Waals surface area contributed by atoms with Crippen molar-refractivity contribution in [2.45, 2.75) is 53.0 Å². The van der Waals surface area contributed by atoms with Gasteiger partial charge in [0.2, 0.25) is 5.91 Å². The van der Waals surface area contributed by atoms with Gasteiger partial charge in [-0.15, -0.1) is 0 Å². The Kier molecular flexibility index (Phi) is 5.28. The van der Waals surface area contributed by atoms with E-state index >= 15 is 0 Å². The van der Waals surface area contributed by atoms with Crippen LogP contribution in [0.25, 0.3) is 0 Å². The lowest BCUT2D eigenvalue weighted by molar-refractivity contribution is -0.130. The summed E-state index contributed by atoms with van der Waals surface area (Å²) in [5, 5.41) is 3.98. The molecule has 0 saturated carbocycles. The van der Waals surface area contributed by atoms with Crippen molar-refractivity contribution in [3.8, 4) is 0 Å². The van der Waals surface area contributed by atoms with Crippen LogP contribution in [0.5, 0.6) is 0 Å². The summed E-state index contributed by atoms with van der Waals surface area (Å²) in [5.74, 6) is 0.976. The molecule has 1 aromatic carbocycles. The van der Waals surface area contributed by atoms with Crippen molar-refractivity contribution in [2.24, 2.45) is 5.41 Å². The van der Waals surface area contributed by atoms with Crippen LogP contribution in [0, 0.1) is 26.2 Å². The minimum absolute atomic E-state index is 0.210. The number of carbonyl (C=O) groups excluding carboxylic acids is 1. The van der Waals surface area contributed by atoms with Crippen LogP contribution < -0.4 is 0 Å². The van der Waals surface area contributed by atoms with Crippen LogP contribution in [0.2, 0.25) is 0 Å². The highest BCUT2D eigenvalue weighted by Gasteiger charge is 2.42. The Balaban J connectivity index is 1.38. The van der Waals surface area contributed by atoms with Gasteiger partial charge < -0.3 is 9.42 Å². The first kappa shape index (κ1) is 19.2. The number of nitrogens with zero attached hydrogens (tertiary/aromatic N) is 3. The van der Waals surface area contributed by atoms with Crippen LogP contribution in [-0.4, -0.2) is 47.0 Å². The molecule has 1 aromatic heterocycles. The van der Waals surface area contributed by atoms with Gasteiger partial charge in [-0.2, -0.15) is 0 Å². The van der Waals surface area contributed by atoms with Crippen LogP contribution in [0.1, 0.15) is 47.4 Å². The van der Waals surface area contributed by atoms with Crippen molar-refractivity contribution < 1.29 is 9.32 Å². The van der Waals surface area contributed by atoms with Crippen molar-refractivity contribution in [1.29, 1.82) is 0 Å². The Bertz CT molecular complexity index is 840. The lowest BCUT2D eigenvalue weighted by Crippen LogP contribution is -2.45. The lowest BCUT2D eigenvalue weighted by Gasteiger charge is -2.40. The minimum Gasteiger partial charge on any atom is -0.361 e. The monoisotopic (exact) mass is 381 g/mol. The van der Waals surface area contributed by atoms with Crippen molar-refractivity contribution in [2.75, 3.05) is 26.2 Å². The fourth-order valence-corrected chi connectivity index (χ4v) is 5.01. The fourth-order valence-electron chi connectivity index (χ4n) is 5.01. The Morgan fingerprint density at radius 3 is 2.79 bits per heavy atom. The molecule has 1 unspecified atom stereocenters. The summed E-state index contributed by atoms with van der Waals surface area (Å²) in [5.41, 5.74) is 4.76. The van der Waals surface area contributed by atoms with Gasteiger partial charge in [-0.25, -0.2) is 0 Å². The van der Waals surface area contributed by atoms with Gasteiger partial charge in [0.25, 0.3) is 0 Å². The molecule has 0 bridgehead atoms. The van der Waals surface area contributed by atoms with E-state index in [0.29, 0.717) is 6.42 Å². The molecule has 28 heavy (non-hydrogen) atoms. The van der Waals surface area contributed by atoms with Gasteiger partial charge in [0, 0.05) is 37.2 Å². The summed E-state index contributed by atoms with van der Waals surface area (Å²) < 4.78 is 5.22. The zero-order valence-electron chi connectivity index (χ0n) is 17.3. The predicted molar refractivity (Wildman–Crippen MR) is 109 cm³/mol. The number of hydrogen-bond donors (Lipinski definition) is 0. The van der Waals surface area contributed by atoms with Gasteiger partial charge in [0.05, 0.1) is 12.1 Å². The summed E-state index contributed by atoms with van der Waals surface area (Å²) in [6.07, 6.45) is 3.97. The summed E-state index contributed by atoms with van der Waals surface area (Å²) in [7, 11) is 0. The van der Waals surface area contributed by atoms with E-state index in [1.807, 2.05) is 13.8 Å². The number of rotatable bonds is 4. The van der Waals surface area contributed by atoms with Crippen molar-refractivity contribution in [1.82, 2.24) is 15.0 Å². The highest BCUT2D eigenvalue weighted by atomic mass is 16.5.